The van der Waals surface area contributed by atoms with E-state index in [9.17, 15) is 0 Å². The van der Waals surface area contributed by atoms with E-state index in [1.54, 1.807) is 0 Å². The molecular formula is C10H15ClN2O. The van der Waals surface area contributed by atoms with Crippen LogP contribution in [0, 0.1) is 19.3 Å². The molecule has 0 bridgehead atoms. The van der Waals surface area contributed by atoms with Gasteiger partial charge >= 0.3 is 0 Å². The van der Waals surface area contributed by atoms with Crippen molar-refractivity contribution in [2.75, 3.05) is 6.61 Å². The summed E-state index contributed by atoms with van der Waals surface area (Å²) in [5.41, 5.74) is 7.48. The van der Waals surface area contributed by atoms with Gasteiger partial charge in [0.2, 0.25) is 0 Å². The smallest absolute Gasteiger partial charge is 0.145 e. The Morgan fingerprint density at radius 1 is 1.29 bits per heavy atom. The summed E-state index contributed by atoms with van der Waals surface area (Å²) < 4.78 is 5.28. The van der Waals surface area contributed by atoms with Crippen LogP contribution in [0.25, 0.3) is 0 Å². The van der Waals surface area contributed by atoms with E-state index in [0.717, 1.165) is 16.9 Å². The van der Waals surface area contributed by atoms with Gasteiger partial charge in [-0.2, -0.15) is 0 Å². The Hall–Kier alpha value is -1.22. The van der Waals surface area contributed by atoms with Crippen molar-refractivity contribution in [1.82, 2.24) is 0 Å². The lowest BCUT2D eigenvalue weighted by Crippen LogP contribution is -2.19. The molecular weight excluding hydrogens is 200 g/mol. The van der Waals surface area contributed by atoms with Crippen LogP contribution in [0.4, 0.5) is 0 Å². The second-order valence-electron chi connectivity index (χ2n) is 3.14. The molecule has 3 N–H and O–H groups in total. The highest BCUT2D eigenvalue weighted by Crippen LogP contribution is 2.15. The van der Waals surface area contributed by atoms with Crippen molar-refractivity contribution >= 4 is 18.2 Å². The molecule has 1 rings (SSSR count). The SMILES string of the molecule is Cc1cc(C)cc(OCC(=N)N)c1.Cl. The van der Waals surface area contributed by atoms with Crippen molar-refractivity contribution in [3.05, 3.63) is 29.3 Å². The van der Waals surface area contributed by atoms with E-state index in [1.165, 1.54) is 0 Å². The van der Waals surface area contributed by atoms with Crippen LogP contribution in [-0.4, -0.2) is 12.4 Å². The molecule has 1 aromatic carbocycles. The first-order chi connectivity index (χ1) is 6.08. The highest BCUT2D eigenvalue weighted by Gasteiger charge is 1.97. The van der Waals surface area contributed by atoms with E-state index in [1.807, 2.05) is 26.0 Å². The molecule has 0 aliphatic heterocycles. The van der Waals surface area contributed by atoms with Crippen molar-refractivity contribution in [1.29, 1.82) is 5.41 Å². The maximum absolute atomic E-state index is 7.00. The van der Waals surface area contributed by atoms with Gasteiger partial charge in [-0.3, -0.25) is 5.41 Å². The van der Waals surface area contributed by atoms with E-state index in [4.69, 9.17) is 15.9 Å². The molecule has 0 heterocycles. The Morgan fingerprint density at radius 2 is 1.79 bits per heavy atom. The van der Waals surface area contributed by atoms with Gasteiger partial charge in [-0.15, -0.1) is 12.4 Å². The molecule has 0 spiro atoms. The lowest BCUT2D eigenvalue weighted by molar-refractivity contribution is 0.374. The summed E-state index contributed by atoms with van der Waals surface area (Å²) in [6.45, 7) is 4.17. The fourth-order valence-electron chi connectivity index (χ4n) is 1.18. The summed E-state index contributed by atoms with van der Waals surface area (Å²) in [7, 11) is 0. The van der Waals surface area contributed by atoms with Crippen LogP contribution in [-0.2, 0) is 0 Å². The average molecular weight is 215 g/mol. The molecule has 0 amide bonds. The Balaban J connectivity index is 0.00000169. The van der Waals surface area contributed by atoms with Crippen molar-refractivity contribution in [2.24, 2.45) is 5.73 Å². The van der Waals surface area contributed by atoms with Gasteiger partial charge in [0.05, 0.1) is 0 Å². The van der Waals surface area contributed by atoms with Crippen LogP contribution in [0.5, 0.6) is 5.75 Å². The van der Waals surface area contributed by atoms with Crippen LogP contribution < -0.4 is 10.5 Å². The van der Waals surface area contributed by atoms with E-state index in [2.05, 4.69) is 6.07 Å². The number of rotatable bonds is 3. The quantitative estimate of drug-likeness (QED) is 0.598. The number of ether oxygens (including phenoxy) is 1. The van der Waals surface area contributed by atoms with Gasteiger partial charge in [0.1, 0.15) is 18.2 Å². The van der Waals surface area contributed by atoms with Gasteiger partial charge in [-0.1, -0.05) is 6.07 Å². The molecule has 1 aromatic rings. The zero-order chi connectivity index (χ0) is 9.84. The van der Waals surface area contributed by atoms with E-state index >= 15 is 0 Å². The van der Waals surface area contributed by atoms with Gasteiger partial charge in [-0.05, 0) is 37.1 Å². The molecule has 0 saturated carbocycles. The first kappa shape index (κ1) is 12.8. The van der Waals surface area contributed by atoms with Gasteiger partial charge in [0, 0.05) is 0 Å². The van der Waals surface area contributed by atoms with Gasteiger partial charge < -0.3 is 10.5 Å². The first-order valence-corrected chi connectivity index (χ1v) is 4.12. The third-order valence-electron chi connectivity index (χ3n) is 1.59. The van der Waals surface area contributed by atoms with Gasteiger partial charge in [-0.25, -0.2) is 0 Å². The molecule has 0 atom stereocenters. The predicted molar refractivity (Wildman–Crippen MR) is 60.6 cm³/mol. The molecule has 0 fully saturated rings. The average Bonchev–Trinajstić information content (AvgIpc) is 1.99. The Bertz CT molecular complexity index is 306. The van der Waals surface area contributed by atoms with Gasteiger partial charge in [0.15, 0.2) is 0 Å². The molecule has 3 nitrogen and oxygen atoms in total. The number of halogens is 1. The monoisotopic (exact) mass is 214 g/mol. The summed E-state index contributed by atoms with van der Waals surface area (Å²) in [5, 5.41) is 7.00. The zero-order valence-electron chi connectivity index (χ0n) is 8.33. The molecule has 0 unspecified atom stereocenters. The zero-order valence-corrected chi connectivity index (χ0v) is 9.15. The fraction of sp³-hybridized carbons (Fsp3) is 0.300. The second kappa shape index (κ2) is 5.50. The van der Waals surface area contributed by atoms with Crippen LogP contribution in [0.1, 0.15) is 11.1 Å². The summed E-state index contributed by atoms with van der Waals surface area (Å²) in [4.78, 5) is 0. The number of hydrogen-bond acceptors (Lipinski definition) is 2. The summed E-state index contributed by atoms with van der Waals surface area (Å²) in [5.74, 6) is 0.812. The number of nitrogens with two attached hydrogens (primary N) is 1. The minimum absolute atomic E-state index is 0. The summed E-state index contributed by atoms with van der Waals surface area (Å²) in [6.07, 6.45) is 0. The third kappa shape index (κ3) is 4.14. The Morgan fingerprint density at radius 3 is 2.21 bits per heavy atom. The van der Waals surface area contributed by atoms with Crippen molar-refractivity contribution < 1.29 is 4.74 Å². The molecule has 4 heteroatoms. The molecule has 78 valence electrons. The predicted octanol–water partition coefficient (Wildman–Crippen LogP) is 2.04. The first-order valence-electron chi connectivity index (χ1n) is 4.12. The maximum atomic E-state index is 7.00. The van der Waals surface area contributed by atoms with E-state index < -0.39 is 0 Å². The largest absolute Gasteiger partial charge is 0.486 e. The lowest BCUT2D eigenvalue weighted by atomic mass is 10.1. The van der Waals surface area contributed by atoms with Crippen molar-refractivity contribution in [3.8, 4) is 5.75 Å². The Labute approximate surface area is 90.2 Å². The number of hydrogen-bond donors (Lipinski definition) is 2. The summed E-state index contributed by atoms with van der Waals surface area (Å²) >= 11 is 0. The maximum Gasteiger partial charge on any atom is 0.145 e. The number of benzene rings is 1. The highest BCUT2D eigenvalue weighted by molar-refractivity contribution is 5.85. The van der Waals surface area contributed by atoms with Crippen LogP contribution in [0.15, 0.2) is 18.2 Å². The van der Waals surface area contributed by atoms with Crippen LogP contribution in [0.3, 0.4) is 0 Å². The molecule has 0 aliphatic rings. The van der Waals surface area contributed by atoms with Crippen LogP contribution in [0.2, 0.25) is 0 Å². The minimum atomic E-state index is 0. The second-order valence-corrected chi connectivity index (χ2v) is 3.14. The molecule has 0 radical (unpaired) electrons. The lowest BCUT2D eigenvalue weighted by Gasteiger charge is -2.06. The van der Waals surface area contributed by atoms with Crippen molar-refractivity contribution in [2.45, 2.75) is 13.8 Å². The minimum Gasteiger partial charge on any atom is -0.486 e. The summed E-state index contributed by atoms with van der Waals surface area (Å²) in [6, 6.07) is 5.92. The van der Waals surface area contributed by atoms with Crippen molar-refractivity contribution in [3.63, 3.8) is 0 Å². The molecule has 0 aliphatic carbocycles. The van der Waals surface area contributed by atoms with E-state index in [0.29, 0.717) is 0 Å². The van der Waals surface area contributed by atoms with E-state index in [-0.39, 0.29) is 24.8 Å². The number of aryl methyl sites for hydroxylation is 2. The molecule has 0 saturated heterocycles. The topological polar surface area (TPSA) is 59.1 Å². The fourth-order valence-corrected chi connectivity index (χ4v) is 1.18. The van der Waals surface area contributed by atoms with Gasteiger partial charge in [0.25, 0.3) is 0 Å². The normalized spacial score (nSPS) is 9.00. The highest BCUT2D eigenvalue weighted by atomic mass is 35.5. The van der Waals surface area contributed by atoms with Crippen LogP contribution >= 0.6 is 12.4 Å². The number of nitrogens with one attached hydrogen (secondary N) is 1. The standard InChI is InChI=1S/C10H14N2O.ClH/c1-7-3-8(2)5-9(4-7)13-6-10(11)12;/h3-5H,6H2,1-2H3,(H3,11,12);1H. The number of amidine groups is 1. The molecule has 14 heavy (non-hydrogen) atoms. The molecule has 0 aromatic heterocycles. The Kier molecular flexibility index (Phi) is 5.02. The third-order valence-corrected chi connectivity index (χ3v) is 1.59.